The van der Waals surface area contributed by atoms with Crippen molar-refractivity contribution in [2.75, 3.05) is 10.6 Å². The first-order valence-electron chi connectivity index (χ1n) is 9.01. The molecule has 0 unspecified atom stereocenters. The highest BCUT2D eigenvalue weighted by Crippen LogP contribution is 2.23. The zero-order chi connectivity index (χ0) is 20.9. The van der Waals surface area contributed by atoms with Gasteiger partial charge in [0.1, 0.15) is 29.5 Å². The first-order valence-corrected chi connectivity index (χ1v) is 9.01. The molecule has 4 rings (SSSR count). The fourth-order valence-electron chi connectivity index (χ4n) is 2.69. The highest BCUT2D eigenvalue weighted by atomic mass is 19.1. The monoisotopic (exact) mass is 404 g/mol. The number of anilines is 2. The number of rotatable bonds is 5. The molecule has 9 heteroatoms. The molecular formula is C21H17FN6O2. The van der Waals surface area contributed by atoms with Gasteiger partial charge in [0.2, 0.25) is 5.88 Å². The van der Waals surface area contributed by atoms with Crippen LogP contribution in [0.3, 0.4) is 0 Å². The van der Waals surface area contributed by atoms with E-state index in [2.05, 4.69) is 25.6 Å². The third kappa shape index (κ3) is 4.76. The summed E-state index contributed by atoms with van der Waals surface area (Å²) in [6.45, 7) is 1.78. The van der Waals surface area contributed by atoms with Crippen molar-refractivity contribution in [1.29, 1.82) is 0 Å². The summed E-state index contributed by atoms with van der Waals surface area (Å²) in [5.74, 6) is 1.70. The van der Waals surface area contributed by atoms with Crippen LogP contribution in [0.4, 0.5) is 20.6 Å². The second-order valence-corrected chi connectivity index (χ2v) is 6.30. The Morgan fingerprint density at radius 3 is 2.57 bits per heavy atom. The summed E-state index contributed by atoms with van der Waals surface area (Å²) < 4.78 is 20.8. The normalized spacial score (nSPS) is 10.5. The predicted octanol–water partition coefficient (Wildman–Crippen LogP) is 4.55. The lowest BCUT2D eigenvalue weighted by atomic mass is 10.3. The molecule has 0 bridgehead atoms. The number of imidazole rings is 1. The maximum Gasteiger partial charge on any atom is 0.323 e. The third-order valence-electron chi connectivity index (χ3n) is 3.99. The molecular weight excluding hydrogens is 387 g/mol. The minimum Gasteiger partial charge on any atom is -0.439 e. The fraction of sp³-hybridized carbons (Fsp3) is 0.0476. The van der Waals surface area contributed by atoms with Crippen LogP contribution >= 0.6 is 0 Å². The molecule has 2 heterocycles. The Morgan fingerprint density at radius 2 is 1.83 bits per heavy atom. The average Bonchev–Trinajstić information content (AvgIpc) is 3.24. The van der Waals surface area contributed by atoms with Gasteiger partial charge in [0.05, 0.1) is 0 Å². The number of hydrogen-bond acceptors (Lipinski definition) is 5. The van der Waals surface area contributed by atoms with Gasteiger partial charge in [0, 0.05) is 29.8 Å². The van der Waals surface area contributed by atoms with E-state index in [0.29, 0.717) is 34.6 Å². The Kier molecular flexibility index (Phi) is 5.33. The van der Waals surface area contributed by atoms with Crippen LogP contribution in [0.25, 0.3) is 5.82 Å². The van der Waals surface area contributed by atoms with Crippen molar-refractivity contribution in [3.8, 4) is 17.4 Å². The summed E-state index contributed by atoms with van der Waals surface area (Å²) in [6.07, 6.45) is 5.08. The van der Waals surface area contributed by atoms with Gasteiger partial charge in [-0.1, -0.05) is 6.07 Å². The van der Waals surface area contributed by atoms with Gasteiger partial charge in [-0.25, -0.2) is 19.2 Å². The van der Waals surface area contributed by atoms with E-state index in [1.165, 1.54) is 18.2 Å². The largest absolute Gasteiger partial charge is 0.439 e. The SMILES string of the molecule is Cc1nc(Oc2ccc(NC(=O)Nc3cccc(F)c3)cc2)cc(-n2ccnc2)n1. The summed E-state index contributed by atoms with van der Waals surface area (Å²) in [5.41, 5.74) is 0.912. The van der Waals surface area contributed by atoms with Crippen LogP contribution in [0.2, 0.25) is 0 Å². The van der Waals surface area contributed by atoms with Crippen molar-refractivity contribution in [1.82, 2.24) is 19.5 Å². The van der Waals surface area contributed by atoms with Crippen LogP contribution in [-0.2, 0) is 0 Å². The van der Waals surface area contributed by atoms with E-state index in [4.69, 9.17) is 4.74 Å². The predicted molar refractivity (Wildman–Crippen MR) is 109 cm³/mol. The lowest BCUT2D eigenvalue weighted by Crippen LogP contribution is -2.19. The van der Waals surface area contributed by atoms with E-state index in [1.54, 1.807) is 66.6 Å². The number of ether oxygens (including phenoxy) is 1. The quantitative estimate of drug-likeness (QED) is 0.509. The van der Waals surface area contributed by atoms with E-state index in [9.17, 15) is 9.18 Å². The number of nitrogens with one attached hydrogen (secondary N) is 2. The van der Waals surface area contributed by atoms with Crippen molar-refractivity contribution in [3.05, 3.63) is 85.0 Å². The number of aryl methyl sites for hydroxylation is 1. The van der Waals surface area contributed by atoms with Crippen LogP contribution in [0.5, 0.6) is 11.6 Å². The molecule has 30 heavy (non-hydrogen) atoms. The van der Waals surface area contributed by atoms with Gasteiger partial charge in [-0.15, -0.1) is 0 Å². The van der Waals surface area contributed by atoms with Gasteiger partial charge in [-0.3, -0.25) is 4.57 Å². The molecule has 0 aliphatic carbocycles. The van der Waals surface area contributed by atoms with E-state index >= 15 is 0 Å². The van der Waals surface area contributed by atoms with Crippen LogP contribution in [0.1, 0.15) is 5.82 Å². The standard InChI is InChI=1S/C21H17FN6O2/c1-14-24-19(28-10-9-23-13-28)12-20(25-14)30-18-7-5-16(6-8-18)26-21(29)27-17-4-2-3-15(22)11-17/h2-13H,1H3,(H2,26,27,29). The molecule has 0 spiro atoms. The smallest absolute Gasteiger partial charge is 0.323 e. The summed E-state index contributed by atoms with van der Waals surface area (Å²) >= 11 is 0. The topological polar surface area (TPSA) is 94.0 Å². The summed E-state index contributed by atoms with van der Waals surface area (Å²) in [5, 5.41) is 5.24. The van der Waals surface area contributed by atoms with Crippen molar-refractivity contribution in [2.24, 2.45) is 0 Å². The number of aromatic nitrogens is 4. The Morgan fingerprint density at radius 1 is 1.03 bits per heavy atom. The molecule has 2 aromatic carbocycles. The molecule has 0 atom stereocenters. The molecule has 0 saturated heterocycles. The fourth-order valence-corrected chi connectivity index (χ4v) is 2.69. The number of hydrogen-bond donors (Lipinski definition) is 2. The highest BCUT2D eigenvalue weighted by molar-refractivity contribution is 5.99. The maximum atomic E-state index is 13.2. The lowest BCUT2D eigenvalue weighted by Gasteiger charge is -2.10. The molecule has 0 aliphatic rings. The first-order chi connectivity index (χ1) is 14.5. The minimum absolute atomic E-state index is 0.361. The maximum absolute atomic E-state index is 13.2. The number of urea groups is 1. The molecule has 4 aromatic rings. The Balaban J connectivity index is 1.41. The molecule has 0 radical (unpaired) electrons. The summed E-state index contributed by atoms with van der Waals surface area (Å²) in [4.78, 5) is 24.7. The van der Waals surface area contributed by atoms with Gasteiger partial charge in [-0.05, 0) is 49.4 Å². The summed E-state index contributed by atoms with van der Waals surface area (Å²) in [7, 11) is 0. The third-order valence-corrected chi connectivity index (χ3v) is 3.99. The molecule has 2 amide bonds. The number of nitrogens with zero attached hydrogens (tertiary/aromatic N) is 4. The van der Waals surface area contributed by atoms with E-state index in [-0.39, 0.29) is 0 Å². The number of carbonyl (C=O) groups excluding carboxylic acids is 1. The van der Waals surface area contributed by atoms with Gasteiger partial charge >= 0.3 is 6.03 Å². The second-order valence-electron chi connectivity index (χ2n) is 6.30. The summed E-state index contributed by atoms with van der Waals surface area (Å²) in [6, 6.07) is 13.6. The molecule has 2 N–H and O–H groups in total. The van der Waals surface area contributed by atoms with Crippen LogP contribution in [-0.4, -0.2) is 25.6 Å². The average molecular weight is 404 g/mol. The molecule has 150 valence electrons. The van der Waals surface area contributed by atoms with Gasteiger partial charge < -0.3 is 15.4 Å². The molecule has 0 saturated carbocycles. The number of amides is 2. The molecule has 8 nitrogen and oxygen atoms in total. The Hall–Kier alpha value is -4.27. The van der Waals surface area contributed by atoms with Crippen molar-refractivity contribution in [3.63, 3.8) is 0 Å². The van der Waals surface area contributed by atoms with Gasteiger partial charge in [0.25, 0.3) is 0 Å². The first kappa shape index (κ1) is 19.1. The zero-order valence-electron chi connectivity index (χ0n) is 15.9. The van der Waals surface area contributed by atoms with Crippen molar-refractivity contribution < 1.29 is 13.9 Å². The lowest BCUT2D eigenvalue weighted by molar-refractivity contribution is 0.262. The van der Waals surface area contributed by atoms with Gasteiger partial charge in [-0.2, -0.15) is 4.98 Å². The number of carbonyl (C=O) groups is 1. The zero-order valence-corrected chi connectivity index (χ0v) is 15.9. The van der Waals surface area contributed by atoms with Crippen LogP contribution < -0.4 is 15.4 Å². The van der Waals surface area contributed by atoms with Crippen LogP contribution in [0.15, 0.2) is 73.3 Å². The number of halogens is 1. The Labute approximate surface area is 171 Å². The van der Waals surface area contributed by atoms with E-state index in [0.717, 1.165) is 0 Å². The van der Waals surface area contributed by atoms with Crippen molar-refractivity contribution >= 4 is 17.4 Å². The second kappa shape index (κ2) is 8.39. The number of benzene rings is 2. The minimum atomic E-state index is -0.481. The molecule has 2 aromatic heterocycles. The highest BCUT2D eigenvalue weighted by Gasteiger charge is 2.07. The van der Waals surface area contributed by atoms with Crippen LogP contribution in [0, 0.1) is 12.7 Å². The van der Waals surface area contributed by atoms with Crippen molar-refractivity contribution in [2.45, 2.75) is 6.92 Å². The van der Waals surface area contributed by atoms with E-state index in [1.807, 2.05) is 0 Å². The van der Waals surface area contributed by atoms with E-state index < -0.39 is 11.8 Å². The molecule has 0 aliphatic heterocycles. The van der Waals surface area contributed by atoms with Gasteiger partial charge in [0.15, 0.2) is 0 Å². The Bertz CT molecular complexity index is 1160. The molecule has 0 fully saturated rings.